The van der Waals surface area contributed by atoms with Gasteiger partial charge < -0.3 is 24.0 Å². The zero-order valence-corrected chi connectivity index (χ0v) is 29.6. The summed E-state index contributed by atoms with van der Waals surface area (Å²) in [6, 6.07) is 17.7. The lowest BCUT2D eigenvalue weighted by molar-refractivity contribution is 0.00499. The number of ether oxygens (including phenoxy) is 3. The third-order valence-corrected chi connectivity index (χ3v) is 8.89. The maximum Gasteiger partial charge on any atom is 0.410 e. The van der Waals surface area contributed by atoms with E-state index in [9.17, 15) is 14.4 Å². The fraction of sp³-hybridized carbons (Fsp3) is 0.564. The molecule has 0 unspecified atom stereocenters. The van der Waals surface area contributed by atoms with Crippen molar-refractivity contribution in [2.75, 3.05) is 13.7 Å². The van der Waals surface area contributed by atoms with E-state index in [0.717, 1.165) is 44.1 Å². The molecule has 8 nitrogen and oxygen atoms in total. The molecule has 0 N–H and O–H groups in total. The summed E-state index contributed by atoms with van der Waals surface area (Å²) in [6.07, 6.45) is 6.99. The summed E-state index contributed by atoms with van der Waals surface area (Å²) >= 11 is 0. The van der Waals surface area contributed by atoms with Crippen LogP contribution in [0.2, 0.25) is 0 Å². The second-order valence-corrected chi connectivity index (χ2v) is 15.0. The Kier molecular flexibility index (Phi) is 11.8. The molecule has 0 spiro atoms. The minimum absolute atomic E-state index is 0.00512. The van der Waals surface area contributed by atoms with E-state index in [0.29, 0.717) is 30.5 Å². The first-order valence-corrected chi connectivity index (χ1v) is 17.1. The number of carbonyl (C=O) groups is 3. The molecule has 4 rings (SSSR count). The van der Waals surface area contributed by atoms with E-state index in [1.807, 2.05) is 69.5 Å². The van der Waals surface area contributed by atoms with Crippen molar-refractivity contribution in [3.05, 3.63) is 76.9 Å². The predicted octanol–water partition coefficient (Wildman–Crippen LogP) is 8.89. The maximum absolute atomic E-state index is 13.6. The third-order valence-electron chi connectivity index (χ3n) is 8.89. The molecule has 0 saturated heterocycles. The lowest BCUT2D eigenvalue weighted by Crippen LogP contribution is -2.46. The van der Waals surface area contributed by atoms with E-state index in [1.54, 1.807) is 12.1 Å². The average Bonchev–Trinajstić information content (AvgIpc) is 3.80. The summed E-state index contributed by atoms with van der Waals surface area (Å²) in [7, 11) is 1.36. The van der Waals surface area contributed by atoms with Gasteiger partial charge in [-0.1, -0.05) is 61.0 Å². The van der Waals surface area contributed by atoms with Crippen LogP contribution in [-0.4, -0.2) is 64.9 Å². The number of amides is 2. The molecule has 2 fully saturated rings. The fourth-order valence-electron chi connectivity index (χ4n) is 6.47. The van der Waals surface area contributed by atoms with Crippen molar-refractivity contribution in [1.82, 2.24) is 9.80 Å². The Bertz CT molecular complexity index is 1380. The minimum atomic E-state index is -0.623. The molecular formula is C39H54N2O6. The number of benzene rings is 2. The second-order valence-electron chi connectivity index (χ2n) is 15.0. The first-order chi connectivity index (χ1) is 22.2. The van der Waals surface area contributed by atoms with Crippen LogP contribution in [0.5, 0.6) is 0 Å². The molecule has 0 bridgehead atoms. The van der Waals surface area contributed by atoms with Crippen LogP contribution in [0.4, 0.5) is 9.59 Å². The number of nitrogens with zero attached hydrogens (tertiary/aromatic N) is 2. The summed E-state index contributed by atoms with van der Waals surface area (Å²) < 4.78 is 16.6. The van der Waals surface area contributed by atoms with Crippen LogP contribution in [0, 0.1) is 11.8 Å². The van der Waals surface area contributed by atoms with Gasteiger partial charge in [-0.15, -0.1) is 0 Å². The highest BCUT2D eigenvalue weighted by atomic mass is 16.6. The van der Waals surface area contributed by atoms with E-state index in [4.69, 9.17) is 14.2 Å². The van der Waals surface area contributed by atoms with Crippen LogP contribution in [0.25, 0.3) is 6.08 Å². The van der Waals surface area contributed by atoms with Crippen molar-refractivity contribution in [3.8, 4) is 0 Å². The fourth-order valence-corrected chi connectivity index (χ4v) is 6.47. The molecular weight excluding hydrogens is 592 g/mol. The van der Waals surface area contributed by atoms with Crippen LogP contribution in [0.3, 0.4) is 0 Å². The quantitative estimate of drug-likeness (QED) is 0.189. The Hall–Kier alpha value is -3.81. The molecule has 47 heavy (non-hydrogen) atoms. The first-order valence-electron chi connectivity index (χ1n) is 17.1. The number of hydrogen-bond donors (Lipinski definition) is 0. The zero-order valence-electron chi connectivity index (χ0n) is 29.6. The standard InChI is InChI=1S/C39H54N2O6/c1-9-30(23-27-13-11-10-12-14-27)33-24-34(33)41(37(44)47-39(5,6)7)26-29-17-21-32(22-18-29)40(36(43)46-38(2,3)4)25-28-15-19-31(20-16-28)35(42)45-8/h10-16,19-20,23,29,32-34H,9,17-18,21-22,24-26H2,1-8H3/t29?,32?,33-,34+/m0/s1. The Morgan fingerprint density at radius 1 is 0.809 bits per heavy atom. The van der Waals surface area contributed by atoms with E-state index >= 15 is 0 Å². The number of esters is 1. The molecule has 2 atom stereocenters. The normalized spacial score (nSPS) is 21.4. The SMILES string of the molecule is CCC(=Cc1ccccc1)[C@@H]1C[C@H]1N(CC1CCC(N(Cc2ccc(C(=O)OC)cc2)C(=O)OC(C)(C)C)CC1)C(=O)OC(C)(C)C. The molecule has 0 heterocycles. The summed E-state index contributed by atoms with van der Waals surface area (Å²) in [4.78, 5) is 42.8. The minimum Gasteiger partial charge on any atom is -0.465 e. The molecule has 2 saturated carbocycles. The van der Waals surface area contributed by atoms with Gasteiger partial charge in [-0.3, -0.25) is 0 Å². The molecule has 2 aromatic rings. The van der Waals surface area contributed by atoms with Gasteiger partial charge in [0, 0.05) is 31.1 Å². The lowest BCUT2D eigenvalue weighted by atomic mass is 9.84. The van der Waals surface area contributed by atoms with Gasteiger partial charge in [-0.05, 0) is 109 Å². The van der Waals surface area contributed by atoms with Gasteiger partial charge in [-0.25, -0.2) is 14.4 Å². The average molecular weight is 647 g/mol. The molecule has 2 aliphatic rings. The number of rotatable bonds is 10. The number of carbonyl (C=O) groups excluding carboxylic acids is 3. The zero-order chi connectivity index (χ0) is 34.4. The van der Waals surface area contributed by atoms with Gasteiger partial charge in [0.15, 0.2) is 0 Å². The Morgan fingerprint density at radius 3 is 1.91 bits per heavy atom. The Labute approximate surface area is 281 Å². The smallest absolute Gasteiger partial charge is 0.410 e. The van der Waals surface area contributed by atoms with Gasteiger partial charge in [0.05, 0.1) is 12.7 Å². The van der Waals surface area contributed by atoms with E-state index < -0.39 is 17.2 Å². The largest absolute Gasteiger partial charge is 0.465 e. The molecule has 8 heteroatoms. The van der Waals surface area contributed by atoms with Gasteiger partial charge in [0.1, 0.15) is 11.2 Å². The van der Waals surface area contributed by atoms with E-state index in [2.05, 4.69) is 37.3 Å². The highest BCUT2D eigenvalue weighted by molar-refractivity contribution is 5.89. The molecule has 2 amide bonds. The van der Waals surface area contributed by atoms with Crippen LogP contribution < -0.4 is 0 Å². The van der Waals surface area contributed by atoms with E-state index in [-0.39, 0.29) is 24.3 Å². The second kappa shape index (κ2) is 15.4. The monoisotopic (exact) mass is 646 g/mol. The van der Waals surface area contributed by atoms with Gasteiger partial charge in [0.25, 0.3) is 0 Å². The molecule has 2 aliphatic carbocycles. The van der Waals surface area contributed by atoms with Crippen LogP contribution in [-0.2, 0) is 20.8 Å². The van der Waals surface area contributed by atoms with Crippen molar-refractivity contribution in [3.63, 3.8) is 0 Å². The molecule has 0 radical (unpaired) electrons. The molecule has 256 valence electrons. The van der Waals surface area contributed by atoms with Crippen LogP contribution in [0.1, 0.15) is 108 Å². The Morgan fingerprint density at radius 2 is 1.38 bits per heavy atom. The van der Waals surface area contributed by atoms with Gasteiger partial charge in [-0.2, -0.15) is 0 Å². The summed E-state index contributed by atoms with van der Waals surface area (Å²) in [6.45, 7) is 14.6. The maximum atomic E-state index is 13.6. The van der Waals surface area contributed by atoms with Crippen molar-refractivity contribution in [1.29, 1.82) is 0 Å². The third kappa shape index (κ3) is 10.6. The van der Waals surface area contributed by atoms with Crippen molar-refractivity contribution >= 4 is 24.2 Å². The Balaban J connectivity index is 1.46. The highest BCUT2D eigenvalue weighted by Gasteiger charge is 2.47. The predicted molar refractivity (Wildman–Crippen MR) is 185 cm³/mol. The lowest BCUT2D eigenvalue weighted by Gasteiger charge is -2.39. The van der Waals surface area contributed by atoms with Crippen molar-refractivity contribution in [2.45, 2.75) is 117 Å². The van der Waals surface area contributed by atoms with Gasteiger partial charge in [0.2, 0.25) is 0 Å². The number of hydrogen-bond acceptors (Lipinski definition) is 6. The molecule has 0 aliphatic heterocycles. The summed E-state index contributed by atoms with van der Waals surface area (Å²) in [5, 5.41) is 0. The summed E-state index contributed by atoms with van der Waals surface area (Å²) in [5.74, 6) is 0.246. The van der Waals surface area contributed by atoms with Crippen molar-refractivity contribution < 1.29 is 28.6 Å². The highest BCUT2D eigenvalue weighted by Crippen LogP contribution is 2.45. The van der Waals surface area contributed by atoms with Crippen LogP contribution in [0.15, 0.2) is 60.2 Å². The number of methoxy groups -OCH3 is 1. The van der Waals surface area contributed by atoms with E-state index in [1.165, 1.54) is 18.2 Å². The van der Waals surface area contributed by atoms with Crippen molar-refractivity contribution in [2.24, 2.45) is 11.8 Å². The topological polar surface area (TPSA) is 85.4 Å². The molecule has 0 aromatic heterocycles. The molecule has 2 aromatic carbocycles. The first kappa shape index (κ1) is 36.0. The summed E-state index contributed by atoms with van der Waals surface area (Å²) in [5.41, 5.74) is 2.74. The van der Waals surface area contributed by atoms with Gasteiger partial charge >= 0.3 is 18.2 Å². The van der Waals surface area contributed by atoms with Crippen LogP contribution >= 0.6 is 0 Å².